The van der Waals surface area contributed by atoms with E-state index >= 15 is 0 Å². The van der Waals surface area contributed by atoms with Gasteiger partial charge in [0.2, 0.25) is 0 Å². The lowest BCUT2D eigenvalue weighted by Gasteiger charge is -2.17. The number of nitrogens with one attached hydrogen (secondary N) is 2. The maximum Gasteiger partial charge on any atom is 0.279 e. The number of methoxy groups -OCH3 is 1. The maximum atomic E-state index is 12.1. The van der Waals surface area contributed by atoms with Gasteiger partial charge in [-0.1, -0.05) is 30.3 Å². The molecule has 1 unspecified atom stereocenters. The summed E-state index contributed by atoms with van der Waals surface area (Å²) in [6.07, 6.45) is -0.832. The summed E-state index contributed by atoms with van der Waals surface area (Å²) >= 11 is 0. The largest absolute Gasteiger partial charge is 0.493 e. The van der Waals surface area contributed by atoms with Crippen molar-refractivity contribution >= 4 is 11.8 Å². The van der Waals surface area contributed by atoms with Crippen LogP contribution in [0, 0.1) is 13.8 Å². The third-order valence-electron chi connectivity index (χ3n) is 3.82. The van der Waals surface area contributed by atoms with E-state index in [0.717, 1.165) is 11.1 Å². The predicted molar refractivity (Wildman–Crippen MR) is 101 cm³/mol. The van der Waals surface area contributed by atoms with Crippen molar-refractivity contribution in [2.75, 3.05) is 13.7 Å². The summed E-state index contributed by atoms with van der Waals surface area (Å²) in [5.41, 5.74) is 6.50. The standard InChI is InChI=1S/C20H24N2O5/c1-13-8-7-9-14(2)19(13)26-12-18(23)21-22-20(24)15(3)27-17-11-6-5-10-16(17)25-4/h5-11,15H,12H2,1-4H3,(H,21,23)(H,22,24). The van der Waals surface area contributed by atoms with Crippen LogP contribution in [0.4, 0.5) is 0 Å². The molecule has 0 aromatic heterocycles. The quantitative estimate of drug-likeness (QED) is 0.729. The van der Waals surface area contributed by atoms with E-state index in [1.54, 1.807) is 31.2 Å². The SMILES string of the molecule is COc1ccccc1OC(C)C(=O)NNC(=O)COc1c(C)cccc1C. The van der Waals surface area contributed by atoms with Crippen LogP contribution in [0.1, 0.15) is 18.1 Å². The number of para-hydroxylation sites is 3. The van der Waals surface area contributed by atoms with Gasteiger partial charge in [0, 0.05) is 0 Å². The highest BCUT2D eigenvalue weighted by Gasteiger charge is 2.17. The van der Waals surface area contributed by atoms with Crippen molar-refractivity contribution in [2.45, 2.75) is 26.9 Å². The summed E-state index contributed by atoms with van der Waals surface area (Å²) in [5.74, 6) is 0.638. The number of ether oxygens (including phenoxy) is 3. The van der Waals surface area contributed by atoms with Crippen LogP contribution in [0.2, 0.25) is 0 Å². The fourth-order valence-corrected chi connectivity index (χ4v) is 2.39. The summed E-state index contributed by atoms with van der Waals surface area (Å²) in [4.78, 5) is 24.0. The van der Waals surface area contributed by atoms with E-state index in [2.05, 4.69) is 10.9 Å². The molecule has 0 radical (unpaired) electrons. The van der Waals surface area contributed by atoms with E-state index < -0.39 is 17.9 Å². The van der Waals surface area contributed by atoms with Crippen molar-refractivity contribution < 1.29 is 23.8 Å². The Labute approximate surface area is 158 Å². The Morgan fingerprint density at radius 3 is 2.22 bits per heavy atom. The Balaban J connectivity index is 1.81. The first kappa shape index (κ1) is 20.1. The second-order valence-corrected chi connectivity index (χ2v) is 5.96. The zero-order valence-electron chi connectivity index (χ0n) is 15.9. The minimum Gasteiger partial charge on any atom is -0.493 e. The van der Waals surface area contributed by atoms with Crippen molar-refractivity contribution in [1.29, 1.82) is 0 Å². The van der Waals surface area contributed by atoms with Crippen LogP contribution in [-0.2, 0) is 9.59 Å². The number of hydrazine groups is 1. The van der Waals surface area contributed by atoms with Gasteiger partial charge in [-0.2, -0.15) is 0 Å². The molecule has 2 N–H and O–H groups in total. The number of benzene rings is 2. The molecule has 0 aliphatic carbocycles. The number of carbonyl (C=O) groups is 2. The molecule has 144 valence electrons. The van der Waals surface area contributed by atoms with Gasteiger partial charge in [-0.05, 0) is 44.0 Å². The number of hydrogen-bond donors (Lipinski definition) is 2. The van der Waals surface area contributed by atoms with Crippen molar-refractivity contribution in [3.63, 3.8) is 0 Å². The molecule has 7 nitrogen and oxygen atoms in total. The normalized spacial score (nSPS) is 11.3. The van der Waals surface area contributed by atoms with Crippen LogP contribution >= 0.6 is 0 Å². The maximum absolute atomic E-state index is 12.1. The molecule has 1 atom stereocenters. The van der Waals surface area contributed by atoms with E-state index in [1.165, 1.54) is 7.11 Å². The first-order valence-electron chi connectivity index (χ1n) is 8.49. The van der Waals surface area contributed by atoms with Gasteiger partial charge < -0.3 is 14.2 Å². The highest BCUT2D eigenvalue weighted by atomic mass is 16.5. The van der Waals surface area contributed by atoms with Gasteiger partial charge in [0.05, 0.1) is 7.11 Å². The second kappa shape index (κ2) is 9.47. The number of amides is 2. The van der Waals surface area contributed by atoms with Crippen molar-refractivity contribution in [3.8, 4) is 17.2 Å². The number of hydrogen-bond acceptors (Lipinski definition) is 5. The van der Waals surface area contributed by atoms with Crippen LogP contribution in [-0.4, -0.2) is 31.6 Å². The van der Waals surface area contributed by atoms with Gasteiger partial charge >= 0.3 is 0 Å². The van der Waals surface area contributed by atoms with E-state index in [-0.39, 0.29) is 6.61 Å². The Hall–Kier alpha value is -3.22. The Bertz CT molecular complexity index is 786. The number of rotatable bonds is 7. The molecule has 2 aromatic carbocycles. The van der Waals surface area contributed by atoms with E-state index in [1.807, 2.05) is 32.0 Å². The molecule has 0 fully saturated rings. The number of carbonyl (C=O) groups excluding carboxylic acids is 2. The lowest BCUT2D eigenvalue weighted by molar-refractivity contribution is -0.133. The summed E-state index contributed by atoms with van der Waals surface area (Å²) in [5, 5.41) is 0. The zero-order valence-corrected chi connectivity index (χ0v) is 15.9. The summed E-state index contributed by atoms with van der Waals surface area (Å²) < 4.78 is 16.3. The minimum atomic E-state index is -0.832. The predicted octanol–water partition coefficient (Wildman–Crippen LogP) is 2.31. The van der Waals surface area contributed by atoms with Crippen LogP contribution in [0.3, 0.4) is 0 Å². The highest BCUT2D eigenvalue weighted by molar-refractivity contribution is 5.85. The third-order valence-corrected chi connectivity index (χ3v) is 3.82. The van der Waals surface area contributed by atoms with Crippen LogP contribution in [0.15, 0.2) is 42.5 Å². The van der Waals surface area contributed by atoms with E-state index in [4.69, 9.17) is 14.2 Å². The molecule has 2 rings (SSSR count). The average molecular weight is 372 g/mol. The van der Waals surface area contributed by atoms with Gasteiger partial charge in [0.15, 0.2) is 24.2 Å². The minimum absolute atomic E-state index is 0.215. The zero-order chi connectivity index (χ0) is 19.8. The van der Waals surface area contributed by atoms with Crippen LogP contribution < -0.4 is 25.1 Å². The monoisotopic (exact) mass is 372 g/mol. The van der Waals surface area contributed by atoms with Gasteiger partial charge in [-0.3, -0.25) is 20.4 Å². The molecule has 0 spiro atoms. The smallest absolute Gasteiger partial charge is 0.279 e. The fourth-order valence-electron chi connectivity index (χ4n) is 2.39. The Kier molecular flexibility index (Phi) is 7.05. The van der Waals surface area contributed by atoms with E-state index in [9.17, 15) is 9.59 Å². The molecule has 7 heteroatoms. The van der Waals surface area contributed by atoms with Gasteiger partial charge in [-0.25, -0.2) is 0 Å². The van der Waals surface area contributed by atoms with E-state index in [0.29, 0.717) is 17.2 Å². The molecule has 0 bridgehead atoms. The van der Waals surface area contributed by atoms with Crippen molar-refractivity contribution in [1.82, 2.24) is 10.9 Å². The lowest BCUT2D eigenvalue weighted by atomic mass is 10.1. The molecule has 0 saturated carbocycles. The Morgan fingerprint density at radius 1 is 0.963 bits per heavy atom. The molecular formula is C20H24N2O5. The first-order valence-corrected chi connectivity index (χ1v) is 8.49. The number of aryl methyl sites for hydroxylation is 2. The molecule has 0 aliphatic heterocycles. The lowest BCUT2D eigenvalue weighted by Crippen LogP contribution is -2.48. The summed E-state index contributed by atoms with van der Waals surface area (Å²) in [6, 6.07) is 12.7. The second-order valence-electron chi connectivity index (χ2n) is 5.96. The van der Waals surface area contributed by atoms with Gasteiger partial charge in [-0.15, -0.1) is 0 Å². The molecule has 0 heterocycles. The summed E-state index contributed by atoms with van der Waals surface area (Å²) in [6.45, 7) is 5.16. The molecule has 0 aliphatic rings. The average Bonchev–Trinajstić information content (AvgIpc) is 2.66. The van der Waals surface area contributed by atoms with Crippen molar-refractivity contribution in [2.24, 2.45) is 0 Å². The van der Waals surface area contributed by atoms with Crippen LogP contribution in [0.25, 0.3) is 0 Å². The summed E-state index contributed by atoms with van der Waals surface area (Å²) in [7, 11) is 1.52. The Morgan fingerprint density at radius 2 is 1.59 bits per heavy atom. The molecule has 27 heavy (non-hydrogen) atoms. The van der Waals surface area contributed by atoms with Gasteiger partial charge in [0.1, 0.15) is 5.75 Å². The third kappa shape index (κ3) is 5.64. The molecule has 2 amide bonds. The molecule has 2 aromatic rings. The van der Waals surface area contributed by atoms with Crippen molar-refractivity contribution in [3.05, 3.63) is 53.6 Å². The first-order chi connectivity index (χ1) is 12.9. The topological polar surface area (TPSA) is 85.9 Å². The van der Waals surface area contributed by atoms with Gasteiger partial charge in [0.25, 0.3) is 11.8 Å². The molecule has 0 saturated heterocycles. The fraction of sp³-hybridized carbons (Fsp3) is 0.300. The van der Waals surface area contributed by atoms with Crippen LogP contribution in [0.5, 0.6) is 17.2 Å². The highest BCUT2D eigenvalue weighted by Crippen LogP contribution is 2.26. The molecular weight excluding hydrogens is 348 g/mol.